The molecule has 0 spiro atoms. The third-order valence-corrected chi connectivity index (χ3v) is 4.33. The molecule has 5 nitrogen and oxygen atoms in total. The number of nitrogens with zero attached hydrogens (tertiary/aromatic N) is 4. The highest BCUT2D eigenvalue weighted by atomic mass is 19.1. The van der Waals surface area contributed by atoms with E-state index in [9.17, 15) is 9.18 Å². The Kier molecular flexibility index (Phi) is 5.51. The Hall–Kier alpha value is -2.89. The minimum atomic E-state index is -0.345. The third-order valence-electron chi connectivity index (χ3n) is 4.33. The first-order chi connectivity index (χ1) is 12.7. The second-order valence-corrected chi connectivity index (χ2v) is 6.10. The molecule has 6 heteroatoms. The summed E-state index contributed by atoms with van der Waals surface area (Å²) in [5, 5.41) is 4.38. The molecule has 0 saturated carbocycles. The van der Waals surface area contributed by atoms with Gasteiger partial charge in [0.15, 0.2) is 5.82 Å². The Morgan fingerprint density at radius 2 is 1.96 bits per heavy atom. The summed E-state index contributed by atoms with van der Waals surface area (Å²) in [6.45, 7) is 5.42. The monoisotopic (exact) mass is 354 g/mol. The minimum absolute atomic E-state index is 0.0627. The van der Waals surface area contributed by atoms with Crippen LogP contribution in [0.4, 0.5) is 4.39 Å². The molecule has 0 aliphatic carbocycles. The number of halogens is 1. The molecule has 0 bridgehead atoms. The molecule has 3 rings (SSSR count). The third kappa shape index (κ3) is 3.54. The molecule has 0 unspecified atom stereocenters. The summed E-state index contributed by atoms with van der Waals surface area (Å²) < 4.78 is 17.1. The molecule has 136 valence electrons. The van der Waals surface area contributed by atoms with Crippen molar-refractivity contribution in [3.63, 3.8) is 0 Å². The fraction of sp³-hybridized carbons (Fsp3) is 0.300. The Morgan fingerprint density at radius 1 is 1.19 bits per heavy atom. The zero-order chi connectivity index (χ0) is 18.5. The first-order valence-electron chi connectivity index (χ1n) is 8.92. The van der Waals surface area contributed by atoms with Gasteiger partial charge in [-0.3, -0.25) is 4.79 Å². The Bertz CT molecular complexity index is 870. The summed E-state index contributed by atoms with van der Waals surface area (Å²) in [6, 6.07) is 9.96. The van der Waals surface area contributed by atoms with Crippen molar-refractivity contribution in [1.82, 2.24) is 19.2 Å². The van der Waals surface area contributed by atoms with Crippen LogP contribution in [0.5, 0.6) is 0 Å². The summed E-state index contributed by atoms with van der Waals surface area (Å²) in [5.74, 6) is 0.204. The van der Waals surface area contributed by atoms with Gasteiger partial charge in [0.25, 0.3) is 5.91 Å². The number of hydrogen-bond acceptors (Lipinski definition) is 2. The van der Waals surface area contributed by atoms with Crippen molar-refractivity contribution >= 4 is 5.91 Å². The molecule has 2 heterocycles. The molecular weight excluding hydrogens is 331 g/mol. The van der Waals surface area contributed by atoms with Crippen LogP contribution < -0.4 is 0 Å². The molecule has 3 aromatic rings. The number of aromatic nitrogens is 3. The Morgan fingerprint density at radius 3 is 2.62 bits per heavy atom. The zero-order valence-electron chi connectivity index (χ0n) is 15.1. The first-order valence-corrected chi connectivity index (χ1v) is 8.92. The quantitative estimate of drug-likeness (QED) is 0.642. The van der Waals surface area contributed by atoms with E-state index in [4.69, 9.17) is 0 Å². The maximum atomic E-state index is 13.7. The molecule has 26 heavy (non-hydrogen) atoms. The molecule has 0 saturated heterocycles. The van der Waals surface area contributed by atoms with Crippen molar-refractivity contribution in [2.45, 2.75) is 26.7 Å². The number of hydrogen-bond donors (Lipinski definition) is 0. The van der Waals surface area contributed by atoms with Crippen molar-refractivity contribution in [1.29, 1.82) is 0 Å². The molecule has 1 amide bonds. The maximum absolute atomic E-state index is 13.7. The highest BCUT2D eigenvalue weighted by Gasteiger charge is 2.23. The van der Waals surface area contributed by atoms with E-state index in [0.717, 1.165) is 12.8 Å². The molecule has 0 aliphatic heterocycles. The average molecular weight is 354 g/mol. The van der Waals surface area contributed by atoms with E-state index in [0.29, 0.717) is 30.2 Å². The van der Waals surface area contributed by atoms with Crippen LogP contribution in [-0.4, -0.2) is 38.2 Å². The fourth-order valence-electron chi connectivity index (χ4n) is 2.94. The Labute approximate surface area is 152 Å². The molecule has 2 aromatic heterocycles. The maximum Gasteiger partial charge on any atom is 0.259 e. The van der Waals surface area contributed by atoms with Crippen molar-refractivity contribution < 1.29 is 9.18 Å². The average Bonchev–Trinajstić information content (AvgIpc) is 3.31. The van der Waals surface area contributed by atoms with Crippen molar-refractivity contribution in [3.05, 3.63) is 66.4 Å². The lowest BCUT2D eigenvalue weighted by Crippen LogP contribution is -2.32. The lowest BCUT2D eigenvalue weighted by molar-refractivity contribution is 0.0762. The van der Waals surface area contributed by atoms with Crippen LogP contribution in [0.25, 0.3) is 11.5 Å². The molecule has 0 N–H and O–H groups in total. The van der Waals surface area contributed by atoms with E-state index in [1.807, 2.05) is 40.9 Å². The summed E-state index contributed by atoms with van der Waals surface area (Å²) in [7, 11) is 0. The lowest BCUT2D eigenvalue weighted by atomic mass is 10.2. The Balaban J connectivity index is 2.08. The van der Waals surface area contributed by atoms with Crippen LogP contribution >= 0.6 is 0 Å². The van der Waals surface area contributed by atoms with Crippen LogP contribution in [0.1, 0.15) is 37.0 Å². The number of carbonyl (C=O) groups is 1. The van der Waals surface area contributed by atoms with Gasteiger partial charge < -0.3 is 9.47 Å². The molecule has 0 fully saturated rings. The van der Waals surface area contributed by atoms with Crippen molar-refractivity contribution in [3.8, 4) is 11.5 Å². The van der Waals surface area contributed by atoms with E-state index >= 15 is 0 Å². The normalized spacial score (nSPS) is 10.9. The number of benzene rings is 1. The van der Waals surface area contributed by atoms with E-state index < -0.39 is 0 Å². The number of carbonyl (C=O) groups excluding carboxylic acids is 1. The molecule has 1 aromatic carbocycles. The number of rotatable bonds is 7. The van der Waals surface area contributed by atoms with Gasteiger partial charge in [0, 0.05) is 25.5 Å². The summed E-state index contributed by atoms with van der Waals surface area (Å²) in [5.41, 5.74) is 1.08. The minimum Gasteiger partial charge on any atom is -0.339 e. The van der Waals surface area contributed by atoms with Gasteiger partial charge >= 0.3 is 0 Å². The molecular formula is C20H23FN4O. The molecule has 0 radical (unpaired) electrons. The summed E-state index contributed by atoms with van der Waals surface area (Å²) in [6.07, 6.45) is 7.25. The largest absolute Gasteiger partial charge is 0.339 e. The predicted molar refractivity (Wildman–Crippen MR) is 99.3 cm³/mol. The van der Waals surface area contributed by atoms with E-state index in [-0.39, 0.29) is 11.7 Å². The molecule has 0 atom stereocenters. The summed E-state index contributed by atoms with van der Waals surface area (Å²) in [4.78, 5) is 14.9. The number of amides is 1. The van der Waals surface area contributed by atoms with Crippen molar-refractivity contribution in [2.75, 3.05) is 13.1 Å². The predicted octanol–water partition coefficient (Wildman–Crippen LogP) is 4.06. The topological polar surface area (TPSA) is 43.1 Å². The summed E-state index contributed by atoms with van der Waals surface area (Å²) >= 11 is 0. The standard InChI is InChI=1S/C20H23FN4O/c1-3-5-11-23(4-2)20(26)18-15-22-25(17-10-8-9-16(21)14-17)19(18)24-12-6-7-13-24/h6-10,12-15H,3-5,11H2,1-2H3. The second kappa shape index (κ2) is 7.99. The SMILES string of the molecule is CCCCN(CC)C(=O)c1cnn(-c2cccc(F)c2)c1-n1cccc1. The van der Waals surface area contributed by atoms with Gasteiger partial charge in [-0.2, -0.15) is 5.10 Å². The van der Waals surface area contributed by atoms with Crippen LogP contribution in [0, 0.1) is 5.82 Å². The zero-order valence-corrected chi connectivity index (χ0v) is 15.1. The fourth-order valence-corrected chi connectivity index (χ4v) is 2.94. The van der Waals surface area contributed by atoms with E-state index in [1.165, 1.54) is 12.1 Å². The van der Waals surface area contributed by atoms with Gasteiger partial charge in [-0.1, -0.05) is 19.4 Å². The highest BCUT2D eigenvalue weighted by molar-refractivity contribution is 5.97. The molecule has 0 aliphatic rings. The highest BCUT2D eigenvalue weighted by Crippen LogP contribution is 2.22. The number of unbranched alkanes of at least 4 members (excludes halogenated alkanes) is 1. The van der Waals surface area contributed by atoms with E-state index in [2.05, 4.69) is 12.0 Å². The van der Waals surface area contributed by atoms with Gasteiger partial charge in [-0.05, 0) is 43.7 Å². The lowest BCUT2D eigenvalue weighted by Gasteiger charge is -2.21. The van der Waals surface area contributed by atoms with E-state index in [1.54, 1.807) is 23.0 Å². The van der Waals surface area contributed by atoms with Crippen LogP contribution in [-0.2, 0) is 0 Å². The van der Waals surface area contributed by atoms with Gasteiger partial charge in [0.05, 0.1) is 11.9 Å². The van der Waals surface area contributed by atoms with Gasteiger partial charge in [0.2, 0.25) is 0 Å². The van der Waals surface area contributed by atoms with Gasteiger partial charge in [0.1, 0.15) is 11.4 Å². The first kappa shape index (κ1) is 17.9. The smallest absolute Gasteiger partial charge is 0.259 e. The van der Waals surface area contributed by atoms with Crippen molar-refractivity contribution in [2.24, 2.45) is 0 Å². The van der Waals surface area contributed by atoms with Crippen LogP contribution in [0.2, 0.25) is 0 Å². The van der Waals surface area contributed by atoms with Crippen LogP contribution in [0.3, 0.4) is 0 Å². The van der Waals surface area contributed by atoms with Gasteiger partial charge in [-0.15, -0.1) is 0 Å². The van der Waals surface area contributed by atoms with Gasteiger partial charge in [-0.25, -0.2) is 9.07 Å². The second-order valence-electron chi connectivity index (χ2n) is 6.10. The van der Waals surface area contributed by atoms with Crippen LogP contribution in [0.15, 0.2) is 55.0 Å².